The Kier molecular flexibility index (Phi) is 3.83. The van der Waals surface area contributed by atoms with Crippen LogP contribution < -0.4 is 0 Å². The summed E-state index contributed by atoms with van der Waals surface area (Å²) in [6.07, 6.45) is 0.716. The van der Waals surface area contributed by atoms with Crippen LogP contribution in [-0.4, -0.2) is 21.2 Å². The fourth-order valence-corrected chi connectivity index (χ4v) is 1.12. The van der Waals surface area contributed by atoms with Gasteiger partial charge in [-0.2, -0.15) is 0 Å². The van der Waals surface area contributed by atoms with Crippen molar-refractivity contribution < 1.29 is 14.7 Å². The van der Waals surface area contributed by atoms with E-state index in [1.807, 2.05) is 0 Å². The highest BCUT2D eigenvalue weighted by Gasteiger charge is 2.37. The Morgan fingerprint density at radius 1 is 1.45 bits per heavy atom. The quantitative estimate of drug-likeness (QED) is 0.552. The first-order valence-corrected chi connectivity index (χ1v) is 3.83. The van der Waals surface area contributed by atoms with E-state index in [9.17, 15) is 9.59 Å². The molecule has 0 radical (unpaired) electrons. The van der Waals surface area contributed by atoms with Crippen molar-refractivity contribution in [1.29, 1.82) is 0 Å². The maximum absolute atomic E-state index is 10.7. The van der Waals surface area contributed by atoms with Gasteiger partial charge in [0.05, 0.1) is 0 Å². The van der Waals surface area contributed by atoms with Crippen LogP contribution in [0.25, 0.3) is 0 Å². The highest BCUT2D eigenvalue weighted by atomic mass is 35.5. The predicted molar refractivity (Wildman–Crippen MR) is 42.0 cm³/mol. The average Bonchev–Trinajstić information content (AvgIpc) is 1.86. The Hall–Kier alpha value is -0.280. The molecule has 0 atom stereocenters. The smallest absolute Gasteiger partial charge is 0.375 e. The molecule has 0 unspecified atom stereocenters. The van der Waals surface area contributed by atoms with Gasteiger partial charge in [0.2, 0.25) is 0 Å². The topological polar surface area (TPSA) is 54.4 Å². The molecule has 0 heterocycles. The number of carbonyl (C=O) groups excluding carboxylic acids is 1. The van der Waals surface area contributed by atoms with E-state index in [0.29, 0.717) is 6.42 Å². The lowest BCUT2D eigenvalue weighted by molar-refractivity contribution is -0.149. The normalized spacial score (nSPS) is 11.2. The lowest BCUT2D eigenvalue weighted by Gasteiger charge is -2.13. The molecule has 1 N–H and O–H groups in total. The minimum atomic E-state index is -1.76. The van der Waals surface area contributed by atoms with Gasteiger partial charge in [-0.25, -0.2) is 4.79 Å². The maximum atomic E-state index is 10.7. The van der Waals surface area contributed by atoms with Gasteiger partial charge < -0.3 is 5.11 Å². The summed E-state index contributed by atoms with van der Waals surface area (Å²) in [4.78, 5) is 20.8. The van der Waals surface area contributed by atoms with Crippen LogP contribution in [0.1, 0.15) is 19.8 Å². The number of ketones is 1. The molecule has 5 heteroatoms. The van der Waals surface area contributed by atoms with Gasteiger partial charge in [0, 0.05) is 0 Å². The molecule has 0 amide bonds. The zero-order valence-corrected chi connectivity index (χ0v) is 7.45. The van der Waals surface area contributed by atoms with E-state index in [-0.39, 0.29) is 6.42 Å². The maximum Gasteiger partial charge on any atom is 0.375 e. The molecule has 0 spiro atoms. The SMILES string of the molecule is CCCC(Cl)(Cl)C(=O)C(=O)O. The van der Waals surface area contributed by atoms with Crippen molar-refractivity contribution in [2.45, 2.75) is 24.1 Å². The second-order valence-corrected chi connectivity index (χ2v) is 3.57. The number of carboxylic acids is 1. The number of Topliss-reactive ketones (excluding diaryl/α,β-unsaturated/α-hetero) is 1. The van der Waals surface area contributed by atoms with Crippen LogP contribution in [0.5, 0.6) is 0 Å². The summed E-state index contributed by atoms with van der Waals surface area (Å²) in [5.74, 6) is -2.76. The van der Waals surface area contributed by atoms with Crippen LogP contribution in [-0.2, 0) is 9.59 Å². The highest BCUT2D eigenvalue weighted by molar-refractivity contribution is 6.66. The summed E-state index contributed by atoms with van der Waals surface area (Å²) >= 11 is 10.8. The number of hydrogen-bond donors (Lipinski definition) is 1. The molecule has 0 aliphatic heterocycles. The molecule has 0 aliphatic carbocycles. The number of carbonyl (C=O) groups is 2. The lowest BCUT2D eigenvalue weighted by Crippen LogP contribution is -2.32. The minimum absolute atomic E-state index is 0.154. The highest BCUT2D eigenvalue weighted by Crippen LogP contribution is 2.27. The molecular weight excluding hydrogens is 191 g/mol. The third-order valence-electron chi connectivity index (χ3n) is 1.09. The zero-order chi connectivity index (χ0) is 9.07. The molecule has 0 aromatic rings. The van der Waals surface area contributed by atoms with E-state index in [4.69, 9.17) is 28.3 Å². The van der Waals surface area contributed by atoms with Gasteiger partial charge in [0.15, 0.2) is 4.33 Å². The fraction of sp³-hybridized carbons (Fsp3) is 0.667. The Bertz CT molecular complexity index is 177. The number of rotatable bonds is 4. The van der Waals surface area contributed by atoms with Crippen LogP contribution in [0.2, 0.25) is 0 Å². The molecule has 0 fully saturated rings. The van der Waals surface area contributed by atoms with Crippen molar-refractivity contribution >= 4 is 35.0 Å². The molecule has 0 aromatic carbocycles. The van der Waals surface area contributed by atoms with Crippen molar-refractivity contribution in [3.63, 3.8) is 0 Å². The van der Waals surface area contributed by atoms with Gasteiger partial charge in [0.25, 0.3) is 5.78 Å². The van der Waals surface area contributed by atoms with Gasteiger partial charge >= 0.3 is 5.97 Å². The van der Waals surface area contributed by atoms with Crippen LogP contribution >= 0.6 is 23.2 Å². The molecule has 3 nitrogen and oxygen atoms in total. The standard InChI is InChI=1S/C6H8Cl2O3/c1-2-3-6(7,8)4(9)5(10)11/h2-3H2,1H3,(H,10,11). The largest absolute Gasteiger partial charge is 0.475 e. The van der Waals surface area contributed by atoms with Gasteiger partial charge in [-0.15, -0.1) is 0 Å². The van der Waals surface area contributed by atoms with Gasteiger partial charge in [-0.05, 0) is 6.42 Å². The first-order valence-electron chi connectivity index (χ1n) is 3.07. The van der Waals surface area contributed by atoms with Crippen LogP contribution in [0.3, 0.4) is 0 Å². The van der Waals surface area contributed by atoms with Crippen molar-refractivity contribution in [1.82, 2.24) is 0 Å². The summed E-state index contributed by atoms with van der Waals surface area (Å²) in [5, 5.41) is 8.23. The monoisotopic (exact) mass is 198 g/mol. The minimum Gasteiger partial charge on any atom is -0.475 e. The molecule has 0 bridgehead atoms. The lowest BCUT2D eigenvalue weighted by atomic mass is 10.2. The molecule has 0 saturated carbocycles. The first kappa shape index (κ1) is 10.7. The van der Waals surface area contributed by atoms with E-state index < -0.39 is 16.1 Å². The zero-order valence-electron chi connectivity index (χ0n) is 5.93. The number of alkyl halides is 2. The van der Waals surface area contributed by atoms with E-state index in [0.717, 1.165) is 0 Å². The van der Waals surface area contributed by atoms with E-state index in [1.54, 1.807) is 6.92 Å². The van der Waals surface area contributed by atoms with Gasteiger partial charge in [0.1, 0.15) is 0 Å². The Morgan fingerprint density at radius 2 is 1.91 bits per heavy atom. The van der Waals surface area contributed by atoms with Crippen molar-refractivity contribution in [3.05, 3.63) is 0 Å². The third-order valence-corrected chi connectivity index (χ3v) is 1.81. The Balaban J connectivity index is 4.29. The first-order chi connectivity index (χ1) is 4.91. The second kappa shape index (κ2) is 3.93. The number of hydrogen-bond acceptors (Lipinski definition) is 2. The molecule has 0 rings (SSSR count). The van der Waals surface area contributed by atoms with Crippen LogP contribution in [0, 0.1) is 0 Å². The second-order valence-electron chi connectivity index (χ2n) is 2.09. The molecule has 0 aromatic heterocycles. The third kappa shape index (κ3) is 3.08. The van der Waals surface area contributed by atoms with Crippen molar-refractivity contribution in [2.75, 3.05) is 0 Å². The average molecular weight is 199 g/mol. The number of carboxylic acid groups (broad SMARTS) is 1. The summed E-state index contributed by atoms with van der Waals surface area (Å²) in [5.41, 5.74) is 0. The summed E-state index contributed by atoms with van der Waals surface area (Å²) in [6, 6.07) is 0. The van der Waals surface area contributed by atoms with E-state index in [1.165, 1.54) is 0 Å². The van der Waals surface area contributed by atoms with Gasteiger partial charge in [-0.1, -0.05) is 36.5 Å². The molecule has 0 aliphatic rings. The Labute approximate surface area is 74.3 Å². The summed E-state index contributed by atoms with van der Waals surface area (Å²) < 4.78 is -1.76. The number of halogens is 2. The summed E-state index contributed by atoms with van der Waals surface area (Å²) in [7, 11) is 0. The van der Waals surface area contributed by atoms with E-state index in [2.05, 4.69) is 0 Å². The van der Waals surface area contributed by atoms with Crippen molar-refractivity contribution in [3.8, 4) is 0 Å². The van der Waals surface area contributed by atoms with Crippen molar-refractivity contribution in [2.24, 2.45) is 0 Å². The van der Waals surface area contributed by atoms with Crippen LogP contribution in [0.15, 0.2) is 0 Å². The van der Waals surface area contributed by atoms with Gasteiger partial charge in [-0.3, -0.25) is 4.79 Å². The molecule has 64 valence electrons. The molecule has 11 heavy (non-hydrogen) atoms. The Morgan fingerprint density at radius 3 is 2.18 bits per heavy atom. The predicted octanol–water partition coefficient (Wildman–Crippen LogP) is 1.61. The van der Waals surface area contributed by atoms with Crippen LogP contribution in [0.4, 0.5) is 0 Å². The number of aliphatic carboxylic acids is 1. The molecular formula is C6H8Cl2O3. The molecule has 0 saturated heterocycles. The fourth-order valence-electron chi connectivity index (χ4n) is 0.584. The summed E-state index contributed by atoms with van der Waals surface area (Å²) in [6.45, 7) is 1.76. The van der Waals surface area contributed by atoms with E-state index >= 15 is 0 Å².